The quantitative estimate of drug-likeness (QED) is 0.828. The number of carbonyl (C=O) groups is 1. The van der Waals surface area contributed by atoms with E-state index in [1.807, 2.05) is 13.8 Å². The fourth-order valence-electron chi connectivity index (χ4n) is 3.29. The van der Waals surface area contributed by atoms with Crippen LogP contribution in [0.15, 0.2) is 0 Å². The second kappa shape index (κ2) is 7.28. The Morgan fingerprint density at radius 2 is 1.50 bits per heavy atom. The van der Waals surface area contributed by atoms with Gasteiger partial charge in [0.05, 0.1) is 0 Å². The van der Waals surface area contributed by atoms with Gasteiger partial charge in [0, 0.05) is 17.9 Å². The van der Waals surface area contributed by atoms with Gasteiger partial charge in [-0.1, -0.05) is 53.4 Å². The number of nitrogens with two attached hydrogens (primary N) is 1. The molecule has 0 aromatic heterocycles. The Balaban J connectivity index is 2.54. The first-order valence-corrected chi connectivity index (χ1v) is 7.72. The molecule has 0 bridgehead atoms. The zero-order valence-electron chi connectivity index (χ0n) is 12.6. The molecular formula is C16H31NO. The zero-order valence-corrected chi connectivity index (χ0v) is 12.6. The molecule has 0 aromatic carbocycles. The average Bonchev–Trinajstić information content (AvgIpc) is 2.30. The van der Waals surface area contributed by atoms with Crippen molar-refractivity contribution in [3.05, 3.63) is 0 Å². The summed E-state index contributed by atoms with van der Waals surface area (Å²) in [5.41, 5.74) is 6.02. The maximum atomic E-state index is 12.1. The van der Waals surface area contributed by atoms with Crippen LogP contribution in [0.1, 0.15) is 66.2 Å². The number of hydrogen-bond donors (Lipinski definition) is 1. The van der Waals surface area contributed by atoms with E-state index in [2.05, 4.69) is 13.8 Å². The van der Waals surface area contributed by atoms with E-state index in [1.165, 1.54) is 25.7 Å². The summed E-state index contributed by atoms with van der Waals surface area (Å²) in [7, 11) is 0. The molecule has 0 spiro atoms. The van der Waals surface area contributed by atoms with Gasteiger partial charge in [-0.2, -0.15) is 0 Å². The lowest BCUT2D eigenvalue weighted by molar-refractivity contribution is -0.127. The van der Waals surface area contributed by atoms with E-state index in [9.17, 15) is 4.79 Å². The molecule has 0 radical (unpaired) electrons. The molecule has 106 valence electrons. The maximum Gasteiger partial charge on any atom is 0.138 e. The minimum Gasteiger partial charge on any atom is -0.328 e. The smallest absolute Gasteiger partial charge is 0.138 e. The minimum absolute atomic E-state index is 0.171. The lowest BCUT2D eigenvalue weighted by Crippen LogP contribution is -2.30. The lowest BCUT2D eigenvalue weighted by atomic mass is 9.74. The van der Waals surface area contributed by atoms with Crippen molar-refractivity contribution < 1.29 is 4.79 Å². The van der Waals surface area contributed by atoms with Gasteiger partial charge < -0.3 is 5.73 Å². The van der Waals surface area contributed by atoms with Crippen LogP contribution in [0.2, 0.25) is 0 Å². The van der Waals surface area contributed by atoms with E-state index in [0.717, 1.165) is 18.8 Å². The largest absolute Gasteiger partial charge is 0.328 e. The molecule has 2 nitrogen and oxygen atoms in total. The first-order valence-electron chi connectivity index (χ1n) is 7.72. The Kier molecular flexibility index (Phi) is 6.34. The summed E-state index contributed by atoms with van der Waals surface area (Å²) in [6.07, 6.45) is 7.30. The number of hydrogen-bond acceptors (Lipinski definition) is 2. The highest BCUT2D eigenvalue weighted by atomic mass is 16.1. The molecular weight excluding hydrogens is 222 g/mol. The molecule has 1 rings (SSSR count). The molecule has 2 heteroatoms. The van der Waals surface area contributed by atoms with E-state index in [0.29, 0.717) is 17.7 Å². The van der Waals surface area contributed by atoms with Gasteiger partial charge in [-0.15, -0.1) is 0 Å². The predicted octanol–water partition coefficient (Wildman–Crippen LogP) is 3.78. The Morgan fingerprint density at radius 1 is 1.00 bits per heavy atom. The van der Waals surface area contributed by atoms with Crippen molar-refractivity contribution in [3.63, 3.8) is 0 Å². The van der Waals surface area contributed by atoms with Crippen LogP contribution < -0.4 is 5.73 Å². The number of rotatable bonds is 4. The van der Waals surface area contributed by atoms with Crippen LogP contribution in [0.25, 0.3) is 0 Å². The van der Waals surface area contributed by atoms with Crippen LogP contribution in [-0.4, -0.2) is 11.8 Å². The summed E-state index contributed by atoms with van der Waals surface area (Å²) in [4.78, 5) is 12.1. The zero-order chi connectivity index (χ0) is 13.7. The second-order valence-corrected chi connectivity index (χ2v) is 6.59. The molecule has 1 saturated carbocycles. The van der Waals surface area contributed by atoms with Crippen molar-refractivity contribution in [2.75, 3.05) is 0 Å². The van der Waals surface area contributed by atoms with Gasteiger partial charge in [0.15, 0.2) is 0 Å². The van der Waals surface area contributed by atoms with Crippen molar-refractivity contribution in [1.29, 1.82) is 0 Å². The Morgan fingerprint density at radius 3 is 1.94 bits per heavy atom. The molecule has 1 aliphatic rings. The Hall–Kier alpha value is -0.370. The molecule has 0 amide bonds. The summed E-state index contributed by atoms with van der Waals surface area (Å²) < 4.78 is 0. The normalized spacial score (nSPS) is 29.4. The van der Waals surface area contributed by atoms with Crippen LogP contribution in [0.4, 0.5) is 0 Å². The van der Waals surface area contributed by atoms with Crippen molar-refractivity contribution in [2.24, 2.45) is 29.4 Å². The summed E-state index contributed by atoms with van der Waals surface area (Å²) in [5, 5.41) is 0. The predicted molar refractivity (Wildman–Crippen MR) is 77.3 cm³/mol. The third-order valence-corrected chi connectivity index (χ3v) is 4.85. The highest BCUT2D eigenvalue weighted by Gasteiger charge is 2.29. The SMILES string of the molecule is CC(C)C(=O)C(C)C(C)C1CCCC(N)CCC1. The van der Waals surface area contributed by atoms with E-state index >= 15 is 0 Å². The van der Waals surface area contributed by atoms with Gasteiger partial charge in [0.25, 0.3) is 0 Å². The molecule has 2 N–H and O–H groups in total. The first-order chi connectivity index (χ1) is 8.43. The Labute approximate surface area is 113 Å². The van der Waals surface area contributed by atoms with Gasteiger partial charge >= 0.3 is 0 Å². The number of Topliss-reactive ketones (excluding diaryl/α,β-unsaturated/α-hetero) is 1. The standard InChI is InChI=1S/C16H31NO/c1-11(2)16(18)13(4)12(3)14-7-5-9-15(17)10-6-8-14/h11-15H,5-10,17H2,1-4H3. The fourth-order valence-corrected chi connectivity index (χ4v) is 3.29. The van der Waals surface area contributed by atoms with Gasteiger partial charge in [0.1, 0.15) is 5.78 Å². The van der Waals surface area contributed by atoms with Crippen molar-refractivity contribution in [2.45, 2.75) is 72.3 Å². The van der Waals surface area contributed by atoms with Crippen molar-refractivity contribution in [1.82, 2.24) is 0 Å². The van der Waals surface area contributed by atoms with Crippen molar-refractivity contribution >= 4 is 5.78 Å². The van der Waals surface area contributed by atoms with E-state index < -0.39 is 0 Å². The summed E-state index contributed by atoms with van der Waals surface area (Å²) >= 11 is 0. The number of ketones is 1. The van der Waals surface area contributed by atoms with E-state index in [4.69, 9.17) is 5.73 Å². The monoisotopic (exact) mass is 253 g/mol. The molecule has 18 heavy (non-hydrogen) atoms. The molecule has 0 heterocycles. The maximum absolute atomic E-state index is 12.1. The molecule has 0 aliphatic heterocycles. The topological polar surface area (TPSA) is 43.1 Å². The average molecular weight is 253 g/mol. The van der Waals surface area contributed by atoms with Crippen LogP contribution in [0, 0.1) is 23.7 Å². The van der Waals surface area contributed by atoms with Crippen LogP contribution in [-0.2, 0) is 4.79 Å². The van der Waals surface area contributed by atoms with E-state index in [1.54, 1.807) is 0 Å². The molecule has 0 aromatic rings. The van der Waals surface area contributed by atoms with Gasteiger partial charge in [-0.05, 0) is 24.7 Å². The van der Waals surface area contributed by atoms with Crippen LogP contribution >= 0.6 is 0 Å². The minimum atomic E-state index is 0.171. The van der Waals surface area contributed by atoms with Crippen molar-refractivity contribution in [3.8, 4) is 0 Å². The van der Waals surface area contributed by atoms with E-state index in [-0.39, 0.29) is 11.8 Å². The molecule has 1 aliphatic carbocycles. The summed E-state index contributed by atoms with van der Waals surface area (Å²) in [5.74, 6) is 2.05. The molecule has 1 fully saturated rings. The highest BCUT2D eigenvalue weighted by molar-refractivity contribution is 5.82. The van der Waals surface area contributed by atoms with Gasteiger partial charge in [-0.3, -0.25) is 4.79 Å². The second-order valence-electron chi connectivity index (χ2n) is 6.59. The van der Waals surface area contributed by atoms with Gasteiger partial charge in [0.2, 0.25) is 0 Å². The highest BCUT2D eigenvalue weighted by Crippen LogP contribution is 2.33. The fraction of sp³-hybridized carbons (Fsp3) is 0.938. The molecule has 2 unspecified atom stereocenters. The van der Waals surface area contributed by atoms with Gasteiger partial charge in [-0.25, -0.2) is 0 Å². The number of carbonyl (C=O) groups excluding carboxylic acids is 1. The van der Waals surface area contributed by atoms with Crippen LogP contribution in [0.3, 0.4) is 0 Å². The summed E-state index contributed by atoms with van der Waals surface area (Å²) in [6, 6.07) is 0.413. The third kappa shape index (κ3) is 4.38. The summed E-state index contributed by atoms with van der Waals surface area (Å²) in [6.45, 7) is 8.43. The third-order valence-electron chi connectivity index (χ3n) is 4.85. The van der Waals surface area contributed by atoms with Crippen LogP contribution in [0.5, 0.6) is 0 Å². The molecule has 2 atom stereocenters. The first kappa shape index (κ1) is 15.7. The Bertz CT molecular complexity index is 252. The lowest BCUT2D eigenvalue weighted by Gasteiger charge is -2.31. The molecule has 0 saturated heterocycles.